The fraction of sp³-hybridized carbons (Fsp3) is 0.562. The molecule has 1 aromatic carbocycles. The van der Waals surface area contributed by atoms with Gasteiger partial charge in [0.2, 0.25) is 5.91 Å². The SMILES string of the molecule is O=C(Nc1ccc(NCC2CCCO2)c(F)c1)C1COCCN1. The maximum atomic E-state index is 14.1. The molecule has 1 aromatic rings. The smallest absolute Gasteiger partial charge is 0.243 e. The van der Waals surface area contributed by atoms with E-state index in [9.17, 15) is 9.18 Å². The zero-order valence-corrected chi connectivity index (χ0v) is 12.9. The van der Waals surface area contributed by atoms with Gasteiger partial charge in [0, 0.05) is 25.4 Å². The lowest BCUT2D eigenvalue weighted by Gasteiger charge is -2.23. The van der Waals surface area contributed by atoms with Crippen LogP contribution in [0.5, 0.6) is 0 Å². The Balaban J connectivity index is 1.54. The van der Waals surface area contributed by atoms with E-state index in [0.29, 0.717) is 37.7 Å². The number of halogens is 1. The van der Waals surface area contributed by atoms with Crippen LogP contribution in [0.3, 0.4) is 0 Å². The van der Waals surface area contributed by atoms with Crippen LogP contribution in [0, 0.1) is 5.82 Å². The van der Waals surface area contributed by atoms with Crippen LogP contribution >= 0.6 is 0 Å². The average molecular weight is 323 g/mol. The molecular weight excluding hydrogens is 301 g/mol. The molecule has 0 bridgehead atoms. The van der Waals surface area contributed by atoms with Gasteiger partial charge in [-0.05, 0) is 31.0 Å². The van der Waals surface area contributed by atoms with Crippen LogP contribution < -0.4 is 16.0 Å². The number of nitrogens with one attached hydrogen (secondary N) is 3. The molecule has 23 heavy (non-hydrogen) atoms. The molecule has 0 saturated carbocycles. The first-order chi connectivity index (χ1) is 11.2. The van der Waals surface area contributed by atoms with Crippen molar-refractivity contribution in [2.45, 2.75) is 25.0 Å². The van der Waals surface area contributed by atoms with E-state index in [-0.39, 0.29) is 12.0 Å². The van der Waals surface area contributed by atoms with Gasteiger partial charge in [0.05, 0.1) is 25.0 Å². The van der Waals surface area contributed by atoms with Crippen LogP contribution in [0.2, 0.25) is 0 Å². The Morgan fingerprint density at radius 1 is 1.39 bits per heavy atom. The molecule has 2 unspecified atom stereocenters. The largest absolute Gasteiger partial charge is 0.380 e. The van der Waals surface area contributed by atoms with Gasteiger partial charge >= 0.3 is 0 Å². The zero-order chi connectivity index (χ0) is 16.1. The lowest BCUT2D eigenvalue weighted by Crippen LogP contribution is -2.48. The lowest BCUT2D eigenvalue weighted by molar-refractivity contribution is -0.120. The molecule has 0 aromatic heterocycles. The van der Waals surface area contributed by atoms with E-state index in [1.165, 1.54) is 6.07 Å². The Morgan fingerprint density at radius 2 is 2.30 bits per heavy atom. The van der Waals surface area contributed by atoms with Crippen molar-refractivity contribution in [3.63, 3.8) is 0 Å². The van der Waals surface area contributed by atoms with Crippen LogP contribution in [0.15, 0.2) is 18.2 Å². The zero-order valence-electron chi connectivity index (χ0n) is 12.9. The number of anilines is 2. The Labute approximate surface area is 134 Å². The van der Waals surface area contributed by atoms with Crippen molar-refractivity contribution in [2.24, 2.45) is 0 Å². The van der Waals surface area contributed by atoms with Gasteiger partial charge < -0.3 is 25.4 Å². The molecule has 2 aliphatic heterocycles. The van der Waals surface area contributed by atoms with Gasteiger partial charge in [-0.25, -0.2) is 4.39 Å². The molecule has 2 fully saturated rings. The van der Waals surface area contributed by atoms with E-state index in [4.69, 9.17) is 9.47 Å². The number of rotatable bonds is 5. The molecule has 3 rings (SSSR count). The predicted molar refractivity (Wildman–Crippen MR) is 85.1 cm³/mol. The third kappa shape index (κ3) is 4.40. The van der Waals surface area contributed by atoms with Crippen molar-refractivity contribution in [3.05, 3.63) is 24.0 Å². The van der Waals surface area contributed by atoms with Gasteiger partial charge in [-0.1, -0.05) is 0 Å². The van der Waals surface area contributed by atoms with Gasteiger partial charge in [0.1, 0.15) is 11.9 Å². The fourth-order valence-corrected chi connectivity index (χ4v) is 2.73. The summed E-state index contributed by atoms with van der Waals surface area (Å²) in [5, 5.41) is 8.82. The van der Waals surface area contributed by atoms with Crippen LogP contribution in [0.1, 0.15) is 12.8 Å². The highest BCUT2D eigenvalue weighted by molar-refractivity contribution is 5.95. The number of carbonyl (C=O) groups excluding carboxylic acids is 1. The minimum Gasteiger partial charge on any atom is -0.380 e. The number of hydrogen-bond acceptors (Lipinski definition) is 5. The fourth-order valence-electron chi connectivity index (χ4n) is 2.73. The number of ether oxygens (including phenoxy) is 2. The molecule has 7 heteroatoms. The molecule has 6 nitrogen and oxygen atoms in total. The Hall–Kier alpha value is -1.70. The van der Waals surface area contributed by atoms with E-state index in [0.717, 1.165) is 19.4 Å². The van der Waals surface area contributed by atoms with E-state index in [1.54, 1.807) is 12.1 Å². The third-order valence-electron chi connectivity index (χ3n) is 4.02. The van der Waals surface area contributed by atoms with Crippen LogP contribution in [-0.2, 0) is 14.3 Å². The van der Waals surface area contributed by atoms with Crippen molar-refractivity contribution >= 4 is 17.3 Å². The summed E-state index contributed by atoms with van der Waals surface area (Å²) >= 11 is 0. The summed E-state index contributed by atoms with van der Waals surface area (Å²) in [6, 6.07) is 4.23. The molecule has 0 aliphatic carbocycles. The van der Waals surface area contributed by atoms with Crippen LogP contribution in [-0.4, -0.2) is 51.0 Å². The number of morpholine rings is 1. The third-order valence-corrected chi connectivity index (χ3v) is 4.02. The van der Waals surface area contributed by atoms with Crippen LogP contribution in [0.25, 0.3) is 0 Å². The highest BCUT2D eigenvalue weighted by atomic mass is 19.1. The Morgan fingerprint density at radius 3 is 3.00 bits per heavy atom. The number of carbonyl (C=O) groups is 1. The van der Waals surface area contributed by atoms with Crippen molar-refractivity contribution in [2.75, 3.05) is 43.5 Å². The van der Waals surface area contributed by atoms with Gasteiger partial charge in [-0.3, -0.25) is 4.79 Å². The minimum absolute atomic E-state index is 0.145. The Kier molecular flexibility index (Phi) is 5.43. The Bertz CT molecular complexity index is 543. The normalized spacial score (nSPS) is 24.4. The molecule has 2 saturated heterocycles. The number of benzene rings is 1. The topological polar surface area (TPSA) is 71.6 Å². The first kappa shape index (κ1) is 16.2. The van der Waals surface area contributed by atoms with Crippen LogP contribution in [0.4, 0.5) is 15.8 Å². The summed E-state index contributed by atoms with van der Waals surface area (Å²) in [6.45, 7) is 2.93. The first-order valence-electron chi connectivity index (χ1n) is 7.99. The van der Waals surface area contributed by atoms with Crippen molar-refractivity contribution in [1.82, 2.24) is 5.32 Å². The van der Waals surface area contributed by atoms with E-state index >= 15 is 0 Å². The van der Waals surface area contributed by atoms with Crippen molar-refractivity contribution in [3.8, 4) is 0 Å². The quantitative estimate of drug-likeness (QED) is 0.763. The standard InChI is InChI=1S/C16H22FN3O3/c17-13-8-11(20-16(21)15-10-22-7-5-18-15)3-4-14(13)19-9-12-2-1-6-23-12/h3-4,8,12,15,18-19H,1-2,5-7,9-10H2,(H,20,21). The molecule has 0 radical (unpaired) electrons. The monoisotopic (exact) mass is 323 g/mol. The second-order valence-corrected chi connectivity index (χ2v) is 5.78. The summed E-state index contributed by atoms with van der Waals surface area (Å²) < 4.78 is 24.9. The number of amides is 1. The molecule has 126 valence electrons. The molecular formula is C16H22FN3O3. The van der Waals surface area contributed by atoms with E-state index in [2.05, 4.69) is 16.0 Å². The summed E-state index contributed by atoms with van der Waals surface area (Å²) in [5.41, 5.74) is 0.847. The summed E-state index contributed by atoms with van der Waals surface area (Å²) in [6.07, 6.45) is 2.20. The second-order valence-electron chi connectivity index (χ2n) is 5.78. The molecule has 1 amide bonds. The minimum atomic E-state index is -0.399. The van der Waals surface area contributed by atoms with Crippen molar-refractivity contribution < 1.29 is 18.7 Å². The first-order valence-corrected chi connectivity index (χ1v) is 7.99. The maximum absolute atomic E-state index is 14.1. The number of hydrogen-bond donors (Lipinski definition) is 3. The summed E-state index contributed by atoms with van der Waals surface area (Å²) in [7, 11) is 0. The molecule has 3 N–H and O–H groups in total. The lowest BCUT2D eigenvalue weighted by atomic mass is 10.2. The van der Waals surface area contributed by atoms with Gasteiger partial charge in [0.15, 0.2) is 0 Å². The molecule has 0 spiro atoms. The van der Waals surface area contributed by atoms with Gasteiger partial charge in [-0.15, -0.1) is 0 Å². The summed E-state index contributed by atoms with van der Waals surface area (Å²) in [4.78, 5) is 12.1. The van der Waals surface area contributed by atoms with Gasteiger partial charge in [-0.2, -0.15) is 0 Å². The van der Waals surface area contributed by atoms with Crippen molar-refractivity contribution in [1.29, 1.82) is 0 Å². The highest BCUT2D eigenvalue weighted by Gasteiger charge is 2.21. The van der Waals surface area contributed by atoms with Gasteiger partial charge in [0.25, 0.3) is 0 Å². The maximum Gasteiger partial charge on any atom is 0.243 e. The molecule has 2 atom stereocenters. The summed E-state index contributed by atoms with van der Waals surface area (Å²) in [5.74, 6) is -0.613. The van der Waals surface area contributed by atoms with E-state index in [1.807, 2.05) is 0 Å². The molecule has 2 aliphatic rings. The van der Waals surface area contributed by atoms with E-state index < -0.39 is 11.9 Å². The second kappa shape index (κ2) is 7.72. The predicted octanol–water partition coefficient (Wildman–Crippen LogP) is 1.34. The average Bonchev–Trinajstić information content (AvgIpc) is 3.08. The highest BCUT2D eigenvalue weighted by Crippen LogP contribution is 2.20. The molecule has 2 heterocycles.